The highest BCUT2D eigenvalue weighted by Gasteiger charge is 2.40. The Balaban J connectivity index is 1.30. The minimum Gasteiger partial charge on any atom is -0.337 e. The predicted octanol–water partition coefficient (Wildman–Crippen LogP) is 4.14. The number of halogens is 1. The molecular weight excluding hydrogens is 414 g/mol. The van der Waals surface area contributed by atoms with Gasteiger partial charge in [0.2, 0.25) is 11.7 Å². The molecule has 7 nitrogen and oxygen atoms in total. The summed E-state index contributed by atoms with van der Waals surface area (Å²) in [5.74, 6) is 0.768. The largest absolute Gasteiger partial charge is 0.337 e. The number of hydrogen-bond donors (Lipinski definition) is 1. The number of carbonyl (C=O) groups excluding carboxylic acids is 1. The molecule has 0 bridgehead atoms. The Morgan fingerprint density at radius 1 is 1.16 bits per heavy atom. The lowest BCUT2D eigenvalue weighted by atomic mass is 9.97. The van der Waals surface area contributed by atoms with Gasteiger partial charge in [0.15, 0.2) is 0 Å². The topological polar surface area (TPSA) is 74.5 Å². The van der Waals surface area contributed by atoms with E-state index in [1.807, 2.05) is 29.4 Å². The molecule has 8 heteroatoms. The number of hydrogen-bond acceptors (Lipinski definition) is 6. The first-order valence-electron chi connectivity index (χ1n) is 10.2. The Bertz CT molecular complexity index is 1170. The van der Waals surface area contributed by atoms with Crippen LogP contribution in [0.5, 0.6) is 0 Å². The van der Waals surface area contributed by atoms with E-state index in [0.717, 1.165) is 0 Å². The molecule has 2 aliphatic heterocycles. The molecule has 0 radical (unpaired) electrons. The van der Waals surface area contributed by atoms with Gasteiger partial charge < -0.3 is 14.4 Å². The van der Waals surface area contributed by atoms with Crippen molar-refractivity contribution in [1.29, 1.82) is 0 Å². The fourth-order valence-electron chi connectivity index (χ4n) is 3.98. The Morgan fingerprint density at radius 3 is 2.81 bits per heavy atom. The SMILES string of the molecule is Cc1ccc(C2CC3C(=O)N(Cc4nc(-c5ccccc5Cl)no4)C=CN3N2)cc1C. The summed E-state index contributed by atoms with van der Waals surface area (Å²) in [6.45, 7) is 4.42. The van der Waals surface area contributed by atoms with Crippen LogP contribution in [0.15, 0.2) is 59.4 Å². The summed E-state index contributed by atoms with van der Waals surface area (Å²) in [5.41, 5.74) is 7.83. The van der Waals surface area contributed by atoms with Crippen LogP contribution >= 0.6 is 11.6 Å². The lowest BCUT2D eigenvalue weighted by Gasteiger charge is -2.30. The van der Waals surface area contributed by atoms with Crippen molar-refractivity contribution >= 4 is 17.5 Å². The molecule has 1 fully saturated rings. The highest BCUT2D eigenvalue weighted by Crippen LogP contribution is 2.32. The zero-order valence-electron chi connectivity index (χ0n) is 17.2. The van der Waals surface area contributed by atoms with Gasteiger partial charge in [0.25, 0.3) is 5.91 Å². The van der Waals surface area contributed by atoms with Crippen molar-refractivity contribution in [3.8, 4) is 11.4 Å². The molecule has 1 amide bonds. The minimum absolute atomic E-state index is 0.00109. The van der Waals surface area contributed by atoms with Crippen LogP contribution in [-0.4, -0.2) is 32.0 Å². The first-order chi connectivity index (χ1) is 15.0. The van der Waals surface area contributed by atoms with Crippen molar-refractivity contribution in [2.45, 2.75) is 38.9 Å². The smallest absolute Gasteiger partial charge is 0.251 e. The molecule has 3 heterocycles. The van der Waals surface area contributed by atoms with Crippen LogP contribution in [0, 0.1) is 13.8 Å². The molecule has 2 unspecified atom stereocenters. The van der Waals surface area contributed by atoms with Gasteiger partial charge in [0, 0.05) is 18.0 Å². The van der Waals surface area contributed by atoms with Crippen LogP contribution in [0.25, 0.3) is 11.4 Å². The molecule has 2 atom stereocenters. The quantitative estimate of drug-likeness (QED) is 0.663. The Kier molecular flexibility index (Phi) is 5.00. The van der Waals surface area contributed by atoms with Gasteiger partial charge in [-0.25, -0.2) is 5.43 Å². The van der Waals surface area contributed by atoms with Gasteiger partial charge in [0.05, 0.1) is 11.1 Å². The number of benzene rings is 2. The van der Waals surface area contributed by atoms with Crippen LogP contribution in [0.1, 0.15) is 35.0 Å². The second kappa shape index (κ2) is 7.83. The van der Waals surface area contributed by atoms with Gasteiger partial charge >= 0.3 is 0 Å². The Labute approximate surface area is 185 Å². The summed E-state index contributed by atoms with van der Waals surface area (Å²) in [5, 5.41) is 6.46. The monoisotopic (exact) mass is 435 g/mol. The highest BCUT2D eigenvalue weighted by molar-refractivity contribution is 6.33. The number of nitrogens with zero attached hydrogens (tertiary/aromatic N) is 4. The van der Waals surface area contributed by atoms with E-state index < -0.39 is 0 Å². The molecule has 1 N–H and O–H groups in total. The third-order valence-electron chi connectivity index (χ3n) is 5.90. The molecule has 0 aliphatic carbocycles. The first-order valence-corrected chi connectivity index (χ1v) is 10.6. The zero-order chi connectivity index (χ0) is 21.5. The molecule has 1 aromatic heterocycles. The fourth-order valence-corrected chi connectivity index (χ4v) is 4.20. The van der Waals surface area contributed by atoms with Crippen LogP contribution in [0.3, 0.4) is 0 Å². The maximum atomic E-state index is 13.1. The van der Waals surface area contributed by atoms with E-state index in [1.54, 1.807) is 17.2 Å². The van der Waals surface area contributed by atoms with Crippen LogP contribution in [-0.2, 0) is 11.3 Å². The van der Waals surface area contributed by atoms with E-state index in [1.165, 1.54) is 16.7 Å². The maximum Gasteiger partial charge on any atom is 0.251 e. The van der Waals surface area contributed by atoms with Gasteiger partial charge in [-0.1, -0.05) is 47.1 Å². The first kappa shape index (κ1) is 19.8. The number of aromatic nitrogens is 2. The van der Waals surface area contributed by atoms with E-state index in [4.69, 9.17) is 16.1 Å². The van der Waals surface area contributed by atoms with E-state index in [-0.39, 0.29) is 24.5 Å². The lowest BCUT2D eigenvalue weighted by Crippen LogP contribution is -2.47. The Morgan fingerprint density at radius 2 is 2.00 bits per heavy atom. The summed E-state index contributed by atoms with van der Waals surface area (Å²) in [7, 11) is 0. The third-order valence-corrected chi connectivity index (χ3v) is 6.23. The van der Waals surface area contributed by atoms with Gasteiger partial charge in [-0.05, 0) is 49.1 Å². The molecule has 158 valence electrons. The number of amides is 1. The summed E-state index contributed by atoms with van der Waals surface area (Å²) in [6, 6.07) is 13.6. The van der Waals surface area contributed by atoms with E-state index in [0.29, 0.717) is 28.7 Å². The molecular formula is C23H22ClN5O2. The van der Waals surface area contributed by atoms with E-state index >= 15 is 0 Å². The predicted molar refractivity (Wildman–Crippen MR) is 116 cm³/mol. The van der Waals surface area contributed by atoms with Crippen molar-refractivity contribution in [1.82, 2.24) is 25.5 Å². The molecule has 2 aromatic carbocycles. The van der Waals surface area contributed by atoms with Crippen molar-refractivity contribution in [3.63, 3.8) is 0 Å². The molecule has 1 saturated heterocycles. The summed E-state index contributed by atoms with van der Waals surface area (Å²) >= 11 is 6.22. The van der Waals surface area contributed by atoms with Crippen molar-refractivity contribution in [3.05, 3.63) is 82.5 Å². The van der Waals surface area contributed by atoms with Crippen LogP contribution < -0.4 is 5.43 Å². The van der Waals surface area contributed by atoms with Crippen LogP contribution in [0.2, 0.25) is 5.02 Å². The average Bonchev–Trinajstić information content (AvgIpc) is 3.40. The summed E-state index contributed by atoms with van der Waals surface area (Å²) in [4.78, 5) is 19.2. The fraction of sp³-hybridized carbons (Fsp3) is 0.261. The molecule has 2 aliphatic rings. The van der Waals surface area contributed by atoms with Gasteiger partial charge in [-0.15, -0.1) is 0 Å². The normalized spacial score (nSPS) is 20.4. The van der Waals surface area contributed by atoms with E-state index in [2.05, 4.69) is 47.6 Å². The number of fused-ring (bicyclic) bond motifs is 1. The summed E-state index contributed by atoms with van der Waals surface area (Å²) < 4.78 is 5.37. The van der Waals surface area contributed by atoms with Gasteiger partial charge in [0.1, 0.15) is 12.6 Å². The number of rotatable bonds is 4. The third kappa shape index (κ3) is 3.71. The standard InChI is InChI=1S/C23H22ClN5O2/c1-14-7-8-16(11-15(14)2)19-12-20-23(30)28(9-10-29(20)26-19)13-21-25-22(27-31-21)17-5-3-4-6-18(17)24/h3-11,19-20,26H,12-13H2,1-2H3. The molecule has 5 rings (SSSR count). The van der Waals surface area contributed by atoms with Gasteiger partial charge in [-0.3, -0.25) is 4.79 Å². The lowest BCUT2D eigenvalue weighted by molar-refractivity contribution is -0.135. The molecule has 31 heavy (non-hydrogen) atoms. The zero-order valence-corrected chi connectivity index (χ0v) is 18.0. The summed E-state index contributed by atoms with van der Waals surface area (Å²) in [6.07, 6.45) is 4.32. The Hall–Kier alpha value is -3.16. The van der Waals surface area contributed by atoms with Crippen LogP contribution in [0.4, 0.5) is 0 Å². The van der Waals surface area contributed by atoms with Gasteiger partial charge in [-0.2, -0.15) is 4.98 Å². The number of nitrogens with one attached hydrogen (secondary N) is 1. The number of carbonyl (C=O) groups is 1. The average molecular weight is 436 g/mol. The number of aryl methyl sites for hydroxylation is 2. The second-order valence-corrected chi connectivity index (χ2v) is 8.35. The van der Waals surface area contributed by atoms with Crippen molar-refractivity contribution < 1.29 is 9.32 Å². The molecule has 0 saturated carbocycles. The van der Waals surface area contributed by atoms with Crippen molar-refractivity contribution in [2.75, 3.05) is 0 Å². The second-order valence-electron chi connectivity index (χ2n) is 7.94. The minimum atomic E-state index is -0.275. The highest BCUT2D eigenvalue weighted by atomic mass is 35.5. The maximum absolute atomic E-state index is 13.1. The van der Waals surface area contributed by atoms with Crippen molar-refractivity contribution in [2.24, 2.45) is 0 Å². The van der Waals surface area contributed by atoms with E-state index in [9.17, 15) is 4.79 Å². The number of hydrazine groups is 1. The molecule has 3 aromatic rings. The molecule has 0 spiro atoms.